The molecule has 22 heavy (non-hydrogen) atoms. The minimum Gasteiger partial charge on any atom is -0.481 e. The molecular weight excluding hydrogens is 298 g/mol. The standard InChI is InChI=1S/C16H25N3O2S/c1-12-13(15(21-3)18(2)17-12)14(20)19-9-10-22-16(11-19)7-5-4-6-8-16/h4-11H2,1-3H3. The van der Waals surface area contributed by atoms with Gasteiger partial charge in [0, 0.05) is 30.6 Å². The van der Waals surface area contributed by atoms with Gasteiger partial charge in [0.1, 0.15) is 5.56 Å². The van der Waals surface area contributed by atoms with Gasteiger partial charge >= 0.3 is 0 Å². The lowest BCUT2D eigenvalue weighted by atomic mass is 9.87. The SMILES string of the molecule is COc1c(C(=O)N2CCSC3(CCCCC3)C2)c(C)nn1C. The van der Waals surface area contributed by atoms with Crippen LogP contribution < -0.4 is 4.74 Å². The molecule has 5 nitrogen and oxygen atoms in total. The third-order valence-electron chi connectivity index (χ3n) is 4.88. The molecule has 3 rings (SSSR count). The summed E-state index contributed by atoms with van der Waals surface area (Å²) in [5.74, 6) is 1.68. The highest BCUT2D eigenvalue weighted by Crippen LogP contribution is 2.43. The average molecular weight is 323 g/mol. The number of methoxy groups -OCH3 is 1. The Bertz CT molecular complexity index is 558. The van der Waals surface area contributed by atoms with Gasteiger partial charge in [0.2, 0.25) is 5.88 Å². The first-order valence-electron chi connectivity index (χ1n) is 8.07. The second kappa shape index (κ2) is 6.14. The van der Waals surface area contributed by atoms with Gasteiger partial charge < -0.3 is 9.64 Å². The van der Waals surface area contributed by atoms with Crippen molar-refractivity contribution in [2.75, 3.05) is 26.0 Å². The number of hydrogen-bond acceptors (Lipinski definition) is 4. The fourth-order valence-corrected chi connectivity index (χ4v) is 5.36. The molecule has 0 radical (unpaired) electrons. The molecule has 2 heterocycles. The summed E-state index contributed by atoms with van der Waals surface area (Å²) >= 11 is 2.08. The Balaban J connectivity index is 1.83. The molecule has 1 saturated heterocycles. The Hall–Kier alpha value is -1.17. The molecule has 1 saturated carbocycles. The van der Waals surface area contributed by atoms with Gasteiger partial charge in [0.25, 0.3) is 5.91 Å². The monoisotopic (exact) mass is 323 g/mol. The molecule has 1 aromatic heterocycles. The number of rotatable bonds is 2. The normalized spacial score (nSPS) is 21.1. The van der Waals surface area contributed by atoms with E-state index in [1.165, 1.54) is 32.1 Å². The summed E-state index contributed by atoms with van der Waals surface area (Å²) in [7, 11) is 3.42. The van der Waals surface area contributed by atoms with Gasteiger partial charge in [-0.15, -0.1) is 0 Å². The first kappa shape index (κ1) is 15.7. The number of amides is 1. The molecule has 1 spiro atoms. The molecule has 1 aliphatic heterocycles. The molecule has 0 aromatic carbocycles. The maximum atomic E-state index is 13.0. The van der Waals surface area contributed by atoms with Crippen LogP contribution in [-0.4, -0.2) is 51.3 Å². The van der Waals surface area contributed by atoms with Crippen LogP contribution in [-0.2, 0) is 7.05 Å². The molecule has 0 atom stereocenters. The van der Waals surface area contributed by atoms with Gasteiger partial charge in [0.05, 0.1) is 12.8 Å². The quantitative estimate of drug-likeness (QED) is 0.839. The van der Waals surface area contributed by atoms with Gasteiger partial charge in [-0.25, -0.2) is 4.68 Å². The maximum absolute atomic E-state index is 13.0. The van der Waals surface area contributed by atoms with Crippen LogP contribution in [0.15, 0.2) is 0 Å². The molecule has 6 heteroatoms. The van der Waals surface area contributed by atoms with Crippen molar-refractivity contribution in [2.24, 2.45) is 7.05 Å². The van der Waals surface area contributed by atoms with E-state index in [2.05, 4.69) is 16.9 Å². The van der Waals surface area contributed by atoms with E-state index in [0.717, 1.165) is 24.5 Å². The first-order chi connectivity index (χ1) is 10.6. The van der Waals surface area contributed by atoms with Crippen LogP contribution in [0.25, 0.3) is 0 Å². The van der Waals surface area contributed by atoms with Gasteiger partial charge in [-0.3, -0.25) is 4.79 Å². The zero-order chi connectivity index (χ0) is 15.7. The summed E-state index contributed by atoms with van der Waals surface area (Å²) in [5, 5.41) is 4.34. The van der Waals surface area contributed by atoms with E-state index in [1.807, 2.05) is 18.9 Å². The third-order valence-corrected chi connectivity index (χ3v) is 6.41. The van der Waals surface area contributed by atoms with Crippen molar-refractivity contribution in [3.8, 4) is 5.88 Å². The Morgan fingerprint density at radius 3 is 2.73 bits per heavy atom. The summed E-state index contributed by atoms with van der Waals surface area (Å²) in [4.78, 5) is 15.0. The number of nitrogens with zero attached hydrogens (tertiary/aromatic N) is 3. The fraction of sp³-hybridized carbons (Fsp3) is 0.750. The van der Waals surface area contributed by atoms with Crippen LogP contribution in [0, 0.1) is 6.92 Å². The zero-order valence-corrected chi connectivity index (χ0v) is 14.5. The predicted octanol–water partition coefficient (Wildman–Crippen LogP) is 2.63. The maximum Gasteiger partial charge on any atom is 0.261 e. The Labute approximate surface area is 136 Å². The van der Waals surface area contributed by atoms with Crippen molar-refractivity contribution in [1.29, 1.82) is 0 Å². The van der Waals surface area contributed by atoms with E-state index in [9.17, 15) is 4.79 Å². The molecule has 0 bridgehead atoms. The average Bonchev–Trinajstić information content (AvgIpc) is 2.81. The van der Waals surface area contributed by atoms with Gasteiger partial charge in [0.15, 0.2) is 0 Å². The van der Waals surface area contributed by atoms with Crippen molar-refractivity contribution in [3.63, 3.8) is 0 Å². The largest absolute Gasteiger partial charge is 0.481 e. The second-order valence-corrected chi connectivity index (χ2v) is 7.98. The van der Waals surface area contributed by atoms with E-state index in [-0.39, 0.29) is 10.7 Å². The Morgan fingerprint density at radius 1 is 1.32 bits per heavy atom. The van der Waals surface area contributed by atoms with Crippen molar-refractivity contribution < 1.29 is 9.53 Å². The van der Waals surface area contributed by atoms with Gasteiger partial charge in [-0.2, -0.15) is 16.9 Å². The second-order valence-electron chi connectivity index (χ2n) is 6.41. The van der Waals surface area contributed by atoms with E-state index in [0.29, 0.717) is 11.4 Å². The third kappa shape index (κ3) is 2.73. The lowest BCUT2D eigenvalue weighted by molar-refractivity contribution is 0.0725. The molecule has 0 unspecified atom stereocenters. The van der Waals surface area contributed by atoms with Crippen molar-refractivity contribution in [1.82, 2.24) is 14.7 Å². The number of aryl methyl sites for hydroxylation is 2. The van der Waals surface area contributed by atoms with Crippen molar-refractivity contribution in [3.05, 3.63) is 11.3 Å². The van der Waals surface area contributed by atoms with Crippen LogP contribution in [0.2, 0.25) is 0 Å². The van der Waals surface area contributed by atoms with E-state index in [1.54, 1.807) is 11.8 Å². The minimum absolute atomic E-state index is 0.0766. The summed E-state index contributed by atoms with van der Waals surface area (Å²) in [5.41, 5.74) is 1.38. The summed E-state index contributed by atoms with van der Waals surface area (Å²) < 4.78 is 7.33. The van der Waals surface area contributed by atoms with Crippen LogP contribution in [0.3, 0.4) is 0 Å². The van der Waals surface area contributed by atoms with Crippen molar-refractivity contribution in [2.45, 2.75) is 43.8 Å². The summed E-state index contributed by atoms with van der Waals surface area (Å²) in [6.45, 7) is 3.57. The minimum atomic E-state index is 0.0766. The van der Waals surface area contributed by atoms with Crippen LogP contribution >= 0.6 is 11.8 Å². The van der Waals surface area contributed by atoms with Gasteiger partial charge in [-0.05, 0) is 19.8 Å². The van der Waals surface area contributed by atoms with Crippen LogP contribution in [0.1, 0.15) is 48.2 Å². The lowest BCUT2D eigenvalue weighted by Crippen LogP contribution is -2.50. The van der Waals surface area contributed by atoms with Gasteiger partial charge in [-0.1, -0.05) is 19.3 Å². The molecule has 1 aliphatic carbocycles. The number of carbonyl (C=O) groups is 1. The van der Waals surface area contributed by atoms with Crippen LogP contribution in [0.5, 0.6) is 5.88 Å². The highest BCUT2D eigenvalue weighted by atomic mass is 32.2. The van der Waals surface area contributed by atoms with Crippen LogP contribution in [0.4, 0.5) is 0 Å². The highest BCUT2D eigenvalue weighted by molar-refractivity contribution is 8.00. The molecule has 1 aromatic rings. The number of aromatic nitrogens is 2. The highest BCUT2D eigenvalue weighted by Gasteiger charge is 2.40. The van der Waals surface area contributed by atoms with Crippen molar-refractivity contribution >= 4 is 17.7 Å². The molecule has 2 fully saturated rings. The topological polar surface area (TPSA) is 47.4 Å². The Kier molecular flexibility index (Phi) is 4.39. The predicted molar refractivity (Wildman–Crippen MR) is 88.7 cm³/mol. The first-order valence-corrected chi connectivity index (χ1v) is 9.06. The smallest absolute Gasteiger partial charge is 0.261 e. The molecule has 0 N–H and O–H groups in total. The summed E-state index contributed by atoms with van der Waals surface area (Å²) in [6, 6.07) is 0. The Morgan fingerprint density at radius 2 is 2.05 bits per heavy atom. The number of carbonyl (C=O) groups excluding carboxylic acids is 1. The van der Waals surface area contributed by atoms with E-state index < -0.39 is 0 Å². The number of hydrogen-bond donors (Lipinski definition) is 0. The van der Waals surface area contributed by atoms with E-state index in [4.69, 9.17) is 4.74 Å². The fourth-order valence-electron chi connectivity index (χ4n) is 3.79. The molecule has 122 valence electrons. The zero-order valence-electron chi connectivity index (χ0n) is 13.7. The molecule has 2 aliphatic rings. The number of ether oxygens (including phenoxy) is 1. The molecule has 1 amide bonds. The lowest BCUT2D eigenvalue weighted by Gasteiger charge is -2.44. The summed E-state index contributed by atoms with van der Waals surface area (Å²) in [6.07, 6.45) is 6.41. The number of thioether (sulfide) groups is 1. The van der Waals surface area contributed by atoms with E-state index >= 15 is 0 Å². The molecular formula is C16H25N3O2S.